The van der Waals surface area contributed by atoms with Crippen molar-refractivity contribution in [3.63, 3.8) is 0 Å². The van der Waals surface area contributed by atoms with E-state index in [1.807, 2.05) is 30.1 Å². The fourth-order valence-electron chi connectivity index (χ4n) is 2.04. The van der Waals surface area contributed by atoms with Crippen LogP contribution >= 0.6 is 35.4 Å². The molecule has 2 aromatic heterocycles. The van der Waals surface area contributed by atoms with Crippen LogP contribution in [-0.4, -0.2) is 19.3 Å². The molecule has 2 heterocycles. The van der Waals surface area contributed by atoms with Gasteiger partial charge in [-0.3, -0.25) is 4.68 Å². The second-order valence-electron chi connectivity index (χ2n) is 4.32. The lowest BCUT2D eigenvalue weighted by Crippen LogP contribution is -1.98. The third kappa shape index (κ3) is 2.29. The highest BCUT2D eigenvalue weighted by Crippen LogP contribution is 2.28. The van der Waals surface area contributed by atoms with Crippen LogP contribution in [-0.2, 0) is 13.6 Å². The van der Waals surface area contributed by atoms with E-state index in [1.54, 1.807) is 10.7 Å². The number of rotatable bonds is 2. The summed E-state index contributed by atoms with van der Waals surface area (Å²) in [5, 5.41) is 5.18. The van der Waals surface area contributed by atoms with Gasteiger partial charge in [-0.25, -0.2) is 0 Å². The molecule has 0 fully saturated rings. The molecule has 3 aromatic rings. The van der Waals surface area contributed by atoms with Gasteiger partial charge >= 0.3 is 0 Å². The Hall–Kier alpha value is -1.30. The Labute approximate surface area is 124 Å². The molecule has 0 aliphatic carbocycles. The maximum atomic E-state index is 6.07. The van der Waals surface area contributed by atoms with Gasteiger partial charge in [0.2, 0.25) is 0 Å². The molecule has 0 amide bonds. The van der Waals surface area contributed by atoms with Crippen molar-refractivity contribution in [2.45, 2.75) is 6.54 Å². The topological polar surface area (TPSA) is 38.5 Å². The summed E-state index contributed by atoms with van der Waals surface area (Å²) in [5.41, 5.74) is 2.89. The molecule has 0 aliphatic rings. The van der Waals surface area contributed by atoms with Gasteiger partial charge in [0.1, 0.15) is 0 Å². The Kier molecular flexibility index (Phi) is 3.12. The monoisotopic (exact) mass is 312 g/mol. The van der Waals surface area contributed by atoms with Crippen molar-refractivity contribution in [2.75, 3.05) is 0 Å². The Morgan fingerprint density at radius 1 is 1.32 bits per heavy atom. The van der Waals surface area contributed by atoms with Gasteiger partial charge in [-0.05, 0) is 24.4 Å². The summed E-state index contributed by atoms with van der Waals surface area (Å²) in [6, 6.07) is 3.61. The number of nitrogens with one attached hydrogen (secondary N) is 1. The number of halogens is 2. The minimum Gasteiger partial charge on any atom is -0.331 e. The van der Waals surface area contributed by atoms with Crippen LogP contribution in [0.15, 0.2) is 24.5 Å². The van der Waals surface area contributed by atoms with E-state index in [2.05, 4.69) is 10.1 Å². The van der Waals surface area contributed by atoms with Crippen molar-refractivity contribution >= 4 is 46.5 Å². The Bertz CT molecular complexity index is 815. The number of benzene rings is 1. The lowest BCUT2D eigenvalue weighted by atomic mass is 10.3. The zero-order chi connectivity index (χ0) is 13.6. The number of aromatic amines is 1. The van der Waals surface area contributed by atoms with Crippen molar-refractivity contribution in [2.24, 2.45) is 7.05 Å². The summed E-state index contributed by atoms with van der Waals surface area (Å²) < 4.78 is 4.37. The minimum atomic E-state index is 0.513. The van der Waals surface area contributed by atoms with Crippen molar-refractivity contribution in [3.8, 4) is 0 Å². The molecule has 0 saturated carbocycles. The van der Waals surface area contributed by atoms with Gasteiger partial charge < -0.3 is 9.55 Å². The molecule has 4 nitrogen and oxygen atoms in total. The van der Waals surface area contributed by atoms with Crippen LogP contribution in [0.25, 0.3) is 11.0 Å². The number of H-pyrrole nitrogens is 1. The van der Waals surface area contributed by atoms with Gasteiger partial charge in [0, 0.05) is 18.8 Å². The number of hydrogen-bond acceptors (Lipinski definition) is 2. The van der Waals surface area contributed by atoms with Crippen LogP contribution in [0.4, 0.5) is 0 Å². The third-order valence-corrected chi connectivity index (χ3v) is 3.96. The molecule has 0 bridgehead atoms. The quantitative estimate of drug-likeness (QED) is 0.731. The predicted octanol–water partition coefficient (Wildman–Crippen LogP) is 3.79. The average Bonchev–Trinajstić information content (AvgIpc) is 2.87. The summed E-state index contributed by atoms with van der Waals surface area (Å²) >= 11 is 17.4. The fourth-order valence-corrected chi connectivity index (χ4v) is 2.64. The molecule has 0 aliphatic heterocycles. The highest BCUT2D eigenvalue weighted by molar-refractivity contribution is 7.71. The van der Waals surface area contributed by atoms with E-state index >= 15 is 0 Å². The summed E-state index contributed by atoms with van der Waals surface area (Å²) in [7, 11) is 1.88. The second kappa shape index (κ2) is 4.67. The summed E-state index contributed by atoms with van der Waals surface area (Å²) in [4.78, 5) is 3.13. The van der Waals surface area contributed by atoms with Crippen molar-refractivity contribution in [1.29, 1.82) is 0 Å². The maximum absolute atomic E-state index is 6.07. The average molecular weight is 313 g/mol. The minimum absolute atomic E-state index is 0.513. The Morgan fingerprint density at radius 2 is 2.05 bits per heavy atom. The second-order valence-corrected chi connectivity index (χ2v) is 5.52. The Morgan fingerprint density at radius 3 is 2.74 bits per heavy atom. The first-order chi connectivity index (χ1) is 9.04. The van der Waals surface area contributed by atoms with Crippen LogP contribution in [0, 0.1) is 4.77 Å². The first-order valence-electron chi connectivity index (χ1n) is 5.59. The van der Waals surface area contributed by atoms with Gasteiger partial charge in [0.15, 0.2) is 4.77 Å². The summed E-state index contributed by atoms with van der Waals surface area (Å²) in [5.74, 6) is 0. The van der Waals surface area contributed by atoms with E-state index in [1.165, 1.54) is 0 Å². The van der Waals surface area contributed by atoms with Crippen molar-refractivity contribution in [3.05, 3.63) is 44.9 Å². The van der Waals surface area contributed by atoms with Gasteiger partial charge in [0.05, 0.1) is 33.8 Å². The number of fused-ring (bicyclic) bond motifs is 1. The molecule has 0 atom stereocenters. The largest absolute Gasteiger partial charge is 0.331 e. The molecular weight excluding hydrogens is 303 g/mol. The lowest BCUT2D eigenvalue weighted by molar-refractivity contribution is 0.763. The molecule has 1 N–H and O–H groups in total. The van der Waals surface area contributed by atoms with E-state index in [-0.39, 0.29) is 0 Å². The number of imidazole rings is 1. The zero-order valence-corrected chi connectivity index (χ0v) is 12.4. The number of nitrogens with zero attached hydrogens (tertiary/aromatic N) is 3. The van der Waals surface area contributed by atoms with E-state index in [4.69, 9.17) is 35.4 Å². The first kappa shape index (κ1) is 12.7. The molecule has 0 radical (unpaired) electrons. The normalized spacial score (nSPS) is 11.3. The molecule has 98 valence electrons. The Balaban J connectivity index is 2.15. The van der Waals surface area contributed by atoms with Crippen LogP contribution in [0.2, 0.25) is 10.0 Å². The highest BCUT2D eigenvalue weighted by Gasteiger charge is 2.09. The van der Waals surface area contributed by atoms with Gasteiger partial charge in [-0.15, -0.1) is 0 Å². The summed E-state index contributed by atoms with van der Waals surface area (Å²) in [6.07, 6.45) is 3.77. The maximum Gasteiger partial charge on any atom is 0.178 e. The highest BCUT2D eigenvalue weighted by atomic mass is 35.5. The smallest absolute Gasteiger partial charge is 0.178 e. The molecule has 0 saturated heterocycles. The van der Waals surface area contributed by atoms with E-state index in [0.29, 0.717) is 21.4 Å². The van der Waals surface area contributed by atoms with E-state index in [0.717, 1.165) is 16.6 Å². The molecule has 19 heavy (non-hydrogen) atoms. The van der Waals surface area contributed by atoms with Crippen LogP contribution in [0.1, 0.15) is 5.56 Å². The lowest BCUT2D eigenvalue weighted by Gasteiger charge is -2.03. The molecular formula is C12H10Cl2N4S. The molecule has 0 spiro atoms. The van der Waals surface area contributed by atoms with Crippen LogP contribution < -0.4 is 0 Å². The van der Waals surface area contributed by atoms with E-state index in [9.17, 15) is 0 Å². The van der Waals surface area contributed by atoms with Gasteiger partial charge in [0.25, 0.3) is 0 Å². The van der Waals surface area contributed by atoms with Gasteiger partial charge in [-0.1, -0.05) is 23.2 Å². The molecule has 1 aromatic carbocycles. The first-order valence-corrected chi connectivity index (χ1v) is 6.76. The van der Waals surface area contributed by atoms with Crippen molar-refractivity contribution < 1.29 is 0 Å². The molecule has 7 heteroatoms. The number of aryl methyl sites for hydroxylation is 1. The van der Waals surface area contributed by atoms with E-state index < -0.39 is 0 Å². The van der Waals surface area contributed by atoms with Crippen LogP contribution in [0.5, 0.6) is 0 Å². The zero-order valence-electron chi connectivity index (χ0n) is 10.0. The molecule has 3 rings (SSSR count). The third-order valence-electron chi connectivity index (χ3n) is 2.92. The SMILES string of the molecule is Cn1cc(Cn2c(=S)[nH]c3cc(Cl)c(Cl)cc32)cn1. The predicted molar refractivity (Wildman–Crippen MR) is 79.5 cm³/mol. The fraction of sp³-hybridized carbons (Fsp3) is 0.167. The number of aromatic nitrogens is 4. The summed E-state index contributed by atoms with van der Waals surface area (Å²) in [6.45, 7) is 0.643. The van der Waals surface area contributed by atoms with Gasteiger partial charge in [-0.2, -0.15) is 5.10 Å². The van der Waals surface area contributed by atoms with Crippen LogP contribution in [0.3, 0.4) is 0 Å². The molecule has 0 unspecified atom stereocenters. The standard InChI is InChI=1S/C12H10Cl2N4S/c1-17-5-7(4-15-17)6-18-11-3-9(14)8(13)2-10(11)16-12(18)19/h2-5H,6H2,1H3,(H,16,19). The van der Waals surface area contributed by atoms with Crippen molar-refractivity contribution in [1.82, 2.24) is 19.3 Å². The number of hydrogen-bond donors (Lipinski definition) is 1.